The SMILES string of the molecule is COc1cccc(CN(C)c2ccc(C(=N)N)cc2)c1. The molecule has 0 aliphatic heterocycles. The van der Waals surface area contributed by atoms with Crippen LogP contribution in [0.5, 0.6) is 5.75 Å². The lowest BCUT2D eigenvalue weighted by Gasteiger charge is -2.20. The summed E-state index contributed by atoms with van der Waals surface area (Å²) >= 11 is 0. The summed E-state index contributed by atoms with van der Waals surface area (Å²) in [5.41, 5.74) is 8.45. The Morgan fingerprint density at radius 3 is 2.50 bits per heavy atom. The Hall–Kier alpha value is -2.49. The number of hydrogen-bond donors (Lipinski definition) is 2. The maximum atomic E-state index is 7.39. The van der Waals surface area contributed by atoms with E-state index in [0.29, 0.717) is 0 Å². The Morgan fingerprint density at radius 1 is 1.20 bits per heavy atom. The topological polar surface area (TPSA) is 62.3 Å². The minimum absolute atomic E-state index is 0.0898. The van der Waals surface area contributed by atoms with Crippen LogP contribution in [0.2, 0.25) is 0 Å². The van der Waals surface area contributed by atoms with Crippen LogP contribution < -0.4 is 15.4 Å². The molecule has 0 atom stereocenters. The molecular formula is C16H19N3O. The summed E-state index contributed by atoms with van der Waals surface area (Å²) < 4.78 is 5.23. The molecule has 2 aromatic carbocycles. The van der Waals surface area contributed by atoms with E-state index in [1.165, 1.54) is 5.56 Å². The highest BCUT2D eigenvalue weighted by Gasteiger charge is 2.04. The number of nitrogens with one attached hydrogen (secondary N) is 1. The fraction of sp³-hybridized carbons (Fsp3) is 0.188. The molecule has 0 saturated heterocycles. The van der Waals surface area contributed by atoms with Gasteiger partial charge in [0, 0.05) is 24.8 Å². The van der Waals surface area contributed by atoms with Crippen LogP contribution in [0.25, 0.3) is 0 Å². The van der Waals surface area contributed by atoms with Crippen molar-refractivity contribution in [2.45, 2.75) is 6.54 Å². The summed E-state index contributed by atoms with van der Waals surface area (Å²) in [5, 5.41) is 7.39. The molecule has 0 saturated carbocycles. The average Bonchev–Trinajstić information content (AvgIpc) is 2.47. The van der Waals surface area contributed by atoms with Crippen molar-refractivity contribution in [3.8, 4) is 5.75 Å². The molecule has 0 aliphatic rings. The van der Waals surface area contributed by atoms with E-state index in [2.05, 4.69) is 11.0 Å². The van der Waals surface area contributed by atoms with Crippen LogP contribution in [0.4, 0.5) is 5.69 Å². The molecule has 4 heteroatoms. The Morgan fingerprint density at radius 2 is 1.90 bits per heavy atom. The maximum absolute atomic E-state index is 7.39. The number of nitrogen functional groups attached to an aromatic ring is 1. The molecule has 2 aromatic rings. The van der Waals surface area contributed by atoms with Gasteiger partial charge in [-0.25, -0.2) is 0 Å². The number of anilines is 1. The Kier molecular flexibility index (Phi) is 4.25. The van der Waals surface area contributed by atoms with Crippen LogP contribution in [-0.2, 0) is 6.54 Å². The molecule has 0 fully saturated rings. The second kappa shape index (κ2) is 6.10. The number of rotatable bonds is 5. The van der Waals surface area contributed by atoms with E-state index in [-0.39, 0.29) is 5.84 Å². The number of nitrogens with zero attached hydrogens (tertiary/aromatic N) is 1. The largest absolute Gasteiger partial charge is 0.497 e. The van der Waals surface area contributed by atoms with E-state index in [1.807, 2.05) is 49.5 Å². The number of methoxy groups -OCH3 is 1. The molecular weight excluding hydrogens is 250 g/mol. The van der Waals surface area contributed by atoms with Gasteiger partial charge in [0.05, 0.1) is 7.11 Å². The van der Waals surface area contributed by atoms with Crippen molar-refractivity contribution in [1.82, 2.24) is 0 Å². The minimum atomic E-state index is 0.0898. The first-order chi connectivity index (χ1) is 9.60. The summed E-state index contributed by atoms with van der Waals surface area (Å²) in [5.74, 6) is 0.954. The van der Waals surface area contributed by atoms with Crippen molar-refractivity contribution in [3.05, 3.63) is 59.7 Å². The smallest absolute Gasteiger partial charge is 0.122 e. The van der Waals surface area contributed by atoms with Crippen LogP contribution in [-0.4, -0.2) is 20.0 Å². The molecule has 4 nitrogen and oxygen atoms in total. The van der Waals surface area contributed by atoms with Crippen LogP contribution in [0, 0.1) is 5.41 Å². The average molecular weight is 269 g/mol. The predicted octanol–water partition coefficient (Wildman–Crippen LogP) is 2.62. The summed E-state index contributed by atoms with van der Waals surface area (Å²) in [7, 11) is 3.70. The van der Waals surface area contributed by atoms with E-state index >= 15 is 0 Å². The molecule has 2 rings (SSSR count). The fourth-order valence-electron chi connectivity index (χ4n) is 2.03. The first-order valence-corrected chi connectivity index (χ1v) is 6.38. The second-order valence-electron chi connectivity index (χ2n) is 4.67. The van der Waals surface area contributed by atoms with Gasteiger partial charge in [0.1, 0.15) is 11.6 Å². The van der Waals surface area contributed by atoms with Gasteiger partial charge in [0.25, 0.3) is 0 Å². The number of nitrogens with two attached hydrogens (primary N) is 1. The summed E-state index contributed by atoms with van der Waals surface area (Å²) in [6.45, 7) is 0.788. The molecule has 0 spiro atoms. The maximum Gasteiger partial charge on any atom is 0.122 e. The lowest BCUT2D eigenvalue weighted by molar-refractivity contribution is 0.414. The van der Waals surface area contributed by atoms with Gasteiger partial charge >= 0.3 is 0 Å². The number of ether oxygens (including phenoxy) is 1. The lowest BCUT2D eigenvalue weighted by Crippen LogP contribution is -2.17. The highest BCUT2D eigenvalue weighted by Crippen LogP contribution is 2.18. The van der Waals surface area contributed by atoms with Crippen LogP contribution in [0.15, 0.2) is 48.5 Å². The van der Waals surface area contributed by atoms with Gasteiger partial charge in [0.2, 0.25) is 0 Å². The van der Waals surface area contributed by atoms with Crippen molar-refractivity contribution < 1.29 is 4.74 Å². The van der Waals surface area contributed by atoms with E-state index < -0.39 is 0 Å². The molecule has 0 radical (unpaired) electrons. The van der Waals surface area contributed by atoms with Crippen LogP contribution in [0.1, 0.15) is 11.1 Å². The normalized spacial score (nSPS) is 10.1. The zero-order chi connectivity index (χ0) is 14.5. The number of amidine groups is 1. The molecule has 104 valence electrons. The van der Waals surface area contributed by atoms with E-state index in [9.17, 15) is 0 Å². The van der Waals surface area contributed by atoms with E-state index in [0.717, 1.165) is 23.5 Å². The van der Waals surface area contributed by atoms with Gasteiger partial charge in [-0.15, -0.1) is 0 Å². The third kappa shape index (κ3) is 3.29. The van der Waals surface area contributed by atoms with Crippen molar-refractivity contribution in [2.75, 3.05) is 19.1 Å². The summed E-state index contributed by atoms with van der Waals surface area (Å²) in [4.78, 5) is 2.14. The molecule has 0 amide bonds. The van der Waals surface area contributed by atoms with E-state index in [4.69, 9.17) is 15.9 Å². The zero-order valence-corrected chi connectivity index (χ0v) is 11.8. The quantitative estimate of drug-likeness (QED) is 0.648. The van der Waals surface area contributed by atoms with Gasteiger partial charge < -0.3 is 15.4 Å². The molecule has 20 heavy (non-hydrogen) atoms. The molecule has 0 aromatic heterocycles. The lowest BCUT2D eigenvalue weighted by atomic mass is 10.1. The second-order valence-corrected chi connectivity index (χ2v) is 4.67. The van der Waals surface area contributed by atoms with E-state index in [1.54, 1.807) is 7.11 Å². The molecule has 3 N–H and O–H groups in total. The van der Waals surface area contributed by atoms with Gasteiger partial charge in [-0.3, -0.25) is 5.41 Å². The fourth-order valence-corrected chi connectivity index (χ4v) is 2.03. The van der Waals surface area contributed by atoms with Crippen molar-refractivity contribution in [3.63, 3.8) is 0 Å². The van der Waals surface area contributed by atoms with Crippen LogP contribution in [0.3, 0.4) is 0 Å². The van der Waals surface area contributed by atoms with Gasteiger partial charge in [-0.2, -0.15) is 0 Å². The highest BCUT2D eigenvalue weighted by atomic mass is 16.5. The number of benzene rings is 2. The Bertz CT molecular complexity index is 593. The first kappa shape index (κ1) is 13.9. The Labute approximate surface area is 119 Å². The Balaban J connectivity index is 2.10. The zero-order valence-electron chi connectivity index (χ0n) is 11.8. The van der Waals surface area contributed by atoms with Crippen molar-refractivity contribution in [2.24, 2.45) is 5.73 Å². The van der Waals surface area contributed by atoms with Crippen LogP contribution >= 0.6 is 0 Å². The highest BCUT2D eigenvalue weighted by molar-refractivity contribution is 5.95. The summed E-state index contributed by atoms with van der Waals surface area (Å²) in [6.07, 6.45) is 0. The molecule has 0 unspecified atom stereocenters. The summed E-state index contributed by atoms with van der Waals surface area (Å²) in [6, 6.07) is 15.7. The number of hydrogen-bond acceptors (Lipinski definition) is 3. The van der Waals surface area contributed by atoms with Crippen molar-refractivity contribution in [1.29, 1.82) is 5.41 Å². The molecule has 0 aliphatic carbocycles. The minimum Gasteiger partial charge on any atom is -0.497 e. The predicted molar refractivity (Wildman–Crippen MR) is 82.6 cm³/mol. The van der Waals surface area contributed by atoms with Crippen molar-refractivity contribution >= 4 is 11.5 Å². The molecule has 0 bridgehead atoms. The third-order valence-corrected chi connectivity index (χ3v) is 3.17. The van der Waals surface area contributed by atoms with Gasteiger partial charge in [-0.1, -0.05) is 12.1 Å². The van der Waals surface area contributed by atoms with Gasteiger partial charge in [0.15, 0.2) is 0 Å². The molecule has 0 heterocycles. The monoisotopic (exact) mass is 269 g/mol. The third-order valence-electron chi connectivity index (χ3n) is 3.17. The standard InChI is InChI=1S/C16H19N3O/c1-19(11-12-4-3-5-15(10-12)20-2)14-8-6-13(7-9-14)16(17)18/h3-10H,11H2,1-2H3,(H3,17,18). The van der Waals surface area contributed by atoms with Gasteiger partial charge in [-0.05, 0) is 42.0 Å². The first-order valence-electron chi connectivity index (χ1n) is 6.38.